The SMILES string of the molecule is C=CCSc1nc2c(c(=O)[nH]1)[C@H](c1ccncc1)C1=C(CC(C)(C)CC1=O)N2. The van der Waals surface area contributed by atoms with E-state index in [0.29, 0.717) is 34.3 Å². The predicted molar refractivity (Wildman–Crippen MR) is 111 cm³/mol. The quantitative estimate of drug-likeness (QED) is 0.468. The maximum Gasteiger partial charge on any atom is 0.257 e. The molecule has 28 heavy (non-hydrogen) atoms. The Morgan fingerprint density at radius 3 is 2.75 bits per heavy atom. The Morgan fingerprint density at radius 1 is 1.29 bits per heavy atom. The third kappa shape index (κ3) is 3.30. The van der Waals surface area contributed by atoms with Gasteiger partial charge < -0.3 is 10.3 Å². The summed E-state index contributed by atoms with van der Waals surface area (Å²) in [5.74, 6) is 0.819. The molecule has 7 heteroatoms. The van der Waals surface area contributed by atoms with Crippen molar-refractivity contribution in [1.29, 1.82) is 0 Å². The van der Waals surface area contributed by atoms with E-state index < -0.39 is 5.92 Å². The molecule has 0 saturated carbocycles. The van der Waals surface area contributed by atoms with Gasteiger partial charge in [-0.1, -0.05) is 31.7 Å². The van der Waals surface area contributed by atoms with Crippen molar-refractivity contribution in [2.24, 2.45) is 5.41 Å². The molecule has 0 bridgehead atoms. The van der Waals surface area contributed by atoms with E-state index in [4.69, 9.17) is 0 Å². The van der Waals surface area contributed by atoms with Gasteiger partial charge in [-0.2, -0.15) is 0 Å². The van der Waals surface area contributed by atoms with Gasteiger partial charge in [-0.05, 0) is 29.5 Å². The highest BCUT2D eigenvalue weighted by atomic mass is 32.2. The largest absolute Gasteiger partial charge is 0.343 e. The molecule has 0 fully saturated rings. The monoisotopic (exact) mass is 394 g/mol. The fraction of sp³-hybridized carbons (Fsp3) is 0.333. The highest BCUT2D eigenvalue weighted by Crippen LogP contribution is 2.47. The second-order valence-electron chi connectivity index (χ2n) is 7.90. The number of aromatic nitrogens is 3. The number of thioether (sulfide) groups is 1. The zero-order chi connectivity index (χ0) is 19.9. The molecule has 0 unspecified atom stereocenters. The average molecular weight is 395 g/mol. The molecule has 2 aromatic heterocycles. The highest BCUT2D eigenvalue weighted by Gasteiger charge is 2.42. The number of allylic oxidation sites excluding steroid dienone is 2. The van der Waals surface area contributed by atoms with Crippen LogP contribution in [0, 0.1) is 5.41 Å². The molecular formula is C21H22N4O2S. The molecule has 1 aliphatic carbocycles. The highest BCUT2D eigenvalue weighted by molar-refractivity contribution is 7.99. The fourth-order valence-electron chi connectivity index (χ4n) is 3.99. The van der Waals surface area contributed by atoms with Crippen LogP contribution in [0.2, 0.25) is 0 Å². The molecule has 2 N–H and O–H groups in total. The first-order valence-corrected chi connectivity index (χ1v) is 10.2. The summed E-state index contributed by atoms with van der Waals surface area (Å²) in [6.07, 6.45) is 6.33. The number of fused-ring (bicyclic) bond motifs is 1. The summed E-state index contributed by atoms with van der Waals surface area (Å²) in [7, 11) is 0. The second kappa shape index (κ2) is 7.05. The standard InChI is InChI=1S/C21H22N4O2S/c1-4-9-28-20-24-18-17(19(27)25-20)15(12-5-7-22-8-6-12)16-13(23-18)10-21(2,3)11-14(16)26/h4-8,15H,1,9-11H2,2-3H3,(H2,23,24,25,27)/t15-/m1/s1. The van der Waals surface area contributed by atoms with Crippen molar-refractivity contribution >= 4 is 23.4 Å². The van der Waals surface area contributed by atoms with Crippen LogP contribution in [-0.2, 0) is 4.79 Å². The molecule has 2 aliphatic rings. The molecule has 2 aromatic rings. The minimum absolute atomic E-state index is 0.0794. The van der Waals surface area contributed by atoms with Crippen LogP contribution in [0.25, 0.3) is 0 Å². The molecule has 0 amide bonds. The number of aromatic amines is 1. The molecule has 1 aliphatic heterocycles. The van der Waals surface area contributed by atoms with Crippen molar-refractivity contribution < 1.29 is 4.79 Å². The lowest BCUT2D eigenvalue weighted by molar-refractivity contribution is -0.118. The first kappa shape index (κ1) is 18.7. The van der Waals surface area contributed by atoms with Crippen LogP contribution in [0.5, 0.6) is 0 Å². The zero-order valence-electron chi connectivity index (χ0n) is 15.9. The number of anilines is 1. The molecule has 0 spiro atoms. The number of Topliss-reactive ketones (excluding diaryl/α,β-unsaturated/α-hetero) is 1. The minimum atomic E-state index is -0.437. The summed E-state index contributed by atoms with van der Waals surface area (Å²) >= 11 is 1.42. The molecule has 0 aromatic carbocycles. The number of nitrogens with zero attached hydrogens (tertiary/aromatic N) is 2. The van der Waals surface area contributed by atoms with Crippen LogP contribution in [-0.4, -0.2) is 26.5 Å². The maximum absolute atomic E-state index is 13.1. The zero-order valence-corrected chi connectivity index (χ0v) is 16.7. The summed E-state index contributed by atoms with van der Waals surface area (Å²) in [5.41, 5.74) is 2.54. The van der Waals surface area contributed by atoms with E-state index in [1.54, 1.807) is 18.5 Å². The number of H-pyrrole nitrogens is 1. The van der Waals surface area contributed by atoms with E-state index in [2.05, 4.69) is 40.7 Å². The lowest BCUT2D eigenvalue weighted by atomic mass is 9.69. The average Bonchev–Trinajstić information content (AvgIpc) is 2.64. The number of carbonyl (C=O) groups is 1. The molecule has 0 radical (unpaired) electrons. The number of nitrogens with one attached hydrogen (secondary N) is 2. The molecular weight excluding hydrogens is 372 g/mol. The molecule has 6 nitrogen and oxygen atoms in total. The van der Waals surface area contributed by atoms with Crippen molar-refractivity contribution in [2.75, 3.05) is 11.1 Å². The molecule has 0 saturated heterocycles. The van der Waals surface area contributed by atoms with E-state index in [-0.39, 0.29) is 16.8 Å². The van der Waals surface area contributed by atoms with E-state index in [0.717, 1.165) is 17.7 Å². The smallest absolute Gasteiger partial charge is 0.257 e. The summed E-state index contributed by atoms with van der Waals surface area (Å²) in [4.78, 5) is 37.7. The van der Waals surface area contributed by atoms with E-state index in [9.17, 15) is 9.59 Å². The minimum Gasteiger partial charge on any atom is -0.343 e. The molecule has 1 atom stereocenters. The van der Waals surface area contributed by atoms with E-state index >= 15 is 0 Å². The van der Waals surface area contributed by atoms with Crippen molar-refractivity contribution in [1.82, 2.24) is 15.0 Å². The number of hydrogen-bond donors (Lipinski definition) is 2. The fourth-order valence-corrected chi connectivity index (χ4v) is 4.59. The topological polar surface area (TPSA) is 87.7 Å². The number of hydrogen-bond acceptors (Lipinski definition) is 6. The Balaban J connectivity index is 1.92. The first-order valence-electron chi connectivity index (χ1n) is 9.21. The van der Waals surface area contributed by atoms with Crippen LogP contribution < -0.4 is 10.9 Å². The van der Waals surface area contributed by atoms with Gasteiger partial charge in [-0.3, -0.25) is 14.6 Å². The predicted octanol–water partition coefficient (Wildman–Crippen LogP) is 3.64. The van der Waals surface area contributed by atoms with Crippen LogP contribution >= 0.6 is 11.8 Å². The molecule has 3 heterocycles. The molecule has 144 valence electrons. The van der Waals surface area contributed by atoms with Gasteiger partial charge in [0.2, 0.25) is 0 Å². The Labute approximate surface area is 167 Å². The number of carbonyl (C=O) groups excluding carboxylic acids is 1. The van der Waals surface area contributed by atoms with Gasteiger partial charge in [-0.25, -0.2) is 4.98 Å². The lowest BCUT2D eigenvalue weighted by Gasteiger charge is -2.38. The number of rotatable bonds is 4. The summed E-state index contributed by atoms with van der Waals surface area (Å²) < 4.78 is 0. The van der Waals surface area contributed by atoms with Gasteiger partial charge in [0.1, 0.15) is 5.82 Å². The summed E-state index contributed by atoms with van der Waals surface area (Å²) in [6.45, 7) is 7.88. The van der Waals surface area contributed by atoms with Crippen LogP contribution in [0.1, 0.15) is 43.7 Å². The van der Waals surface area contributed by atoms with Gasteiger partial charge in [0, 0.05) is 41.8 Å². The maximum atomic E-state index is 13.1. The first-order chi connectivity index (χ1) is 13.4. The van der Waals surface area contributed by atoms with Crippen LogP contribution in [0.15, 0.2) is 58.4 Å². The van der Waals surface area contributed by atoms with Crippen molar-refractivity contribution in [3.63, 3.8) is 0 Å². The Kier molecular flexibility index (Phi) is 4.71. The third-order valence-corrected chi connectivity index (χ3v) is 5.95. The van der Waals surface area contributed by atoms with Crippen LogP contribution in [0.4, 0.5) is 5.82 Å². The van der Waals surface area contributed by atoms with Crippen LogP contribution in [0.3, 0.4) is 0 Å². The van der Waals surface area contributed by atoms with Gasteiger partial charge in [0.25, 0.3) is 5.56 Å². The van der Waals surface area contributed by atoms with E-state index in [1.165, 1.54) is 11.8 Å². The van der Waals surface area contributed by atoms with Gasteiger partial charge >= 0.3 is 0 Å². The third-order valence-electron chi connectivity index (χ3n) is 5.08. The Hall–Kier alpha value is -2.67. The summed E-state index contributed by atoms with van der Waals surface area (Å²) in [5, 5.41) is 3.85. The van der Waals surface area contributed by atoms with Gasteiger partial charge in [0.05, 0.1) is 5.56 Å². The summed E-state index contributed by atoms with van der Waals surface area (Å²) in [6, 6.07) is 3.72. The van der Waals surface area contributed by atoms with Crippen molar-refractivity contribution in [3.05, 3.63) is 69.9 Å². The Bertz CT molecular complexity index is 1040. The normalized spacial score (nSPS) is 20.2. The van der Waals surface area contributed by atoms with Crippen molar-refractivity contribution in [2.45, 2.75) is 37.8 Å². The number of pyridine rings is 1. The van der Waals surface area contributed by atoms with Gasteiger partial charge in [-0.15, -0.1) is 6.58 Å². The molecule has 4 rings (SSSR count). The Morgan fingerprint density at radius 2 is 2.04 bits per heavy atom. The lowest BCUT2D eigenvalue weighted by Crippen LogP contribution is -2.37. The second-order valence-corrected chi connectivity index (χ2v) is 8.91. The van der Waals surface area contributed by atoms with E-state index in [1.807, 2.05) is 12.1 Å². The van der Waals surface area contributed by atoms with Crippen molar-refractivity contribution in [3.8, 4) is 0 Å². The number of ketones is 1. The van der Waals surface area contributed by atoms with Gasteiger partial charge in [0.15, 0.2) is 10.9 Å².